The third kappa shape index (κ3) is 4.28. The highest BCUT2D eigenvalue weighted by atomic mass is 79.9. The number of rotatable bonds is 8. The summed E-state index contributed by atoms with van der Waals surface area (Å²) < 4.78 is 28.2. The van der Waals surface area contributed by atoms with Gasteiger partial charge in [-0.1, -0.05) is 13.0 Å². The van der Waals surface area contributed by atoms with Crippen molar-refractivity contribution in [1.29, 1.82) is 0 Å². The fraction of sp³-hybridized carbons (Fsp3) is 0.600. The summed E-state index contributed by atoms with van der Waals surface area (Å²) in [7, 11) is -1.58. The van der Waals surface area contributed by atoms with E-state index in [0.717, 1.165) is 24.8 Å². The van der Waals surface area contributed by atoms with E-state index in [0.29, 0.717) is 34.9 Å². The van der Waals surface area contributed by atoms with Crippen LogP contribution in [-0.2, 0) is 16.6 Å². The number of nitrogens with zero attached hydrogens (tertiary/aromatic N) is 1. The highest BCUT2D eigenvalue weighted by Gasteiger charge is 2.32. The van der Waals surface area contributed by atoms with E-state index in [1.165, 1.54) is 0 Å². The van der Waals surface area contributed by atoms with E-state index in [9.17, 15) is 8.42 Å². The van der Waals surface area contributed by atoms with E-state index in [1.807, 2.05) is 26.1 Å². The molecule has 0 heterocycles. The maximum atomic E-state index is 12.9. The highest BCUT2D eigenvalue weighted by Crippen LogP contribution is 2.33. The highest BCUT2D eigenvalue weighted by molar-refractivity contribution is 9.10. The molecule has 0 bridgehead atoms. The van der Waals surface area contributed by atoms with Crippen LogP contribution in [0.4, 0.5) is 0 Å². The summed E-state index contributed by atoms with van der Waals surface area (Å²) in [5.41, 5.74) is 0.974. The molecule has 1 aromatic carbocycles. The van der Waals surface area contributed by atoms with E-state index in [2.05, 4.69) is 21.2 Å². The maximum Gasteiger partial charge on any atom is 0.244 e. The molecule has 0 spiro atoms. The zero-order valence-corrected chi connectivity index (χ0v) is 15.0. The first-order valence-electron chi connectivity index (χ1n) is 7.42. The number of hydrogen-bond acceptors (Lipinski definition) is 3. The molecule has 1 aromatic rings. The van der Waals surface area contributed by atoms with Crippen LogP contribution in [0.5, 0.6) is 0 Å². The monoisotopic (exact) mass is 374 g/mol. The first kappa shape index (κ1) is 16.9. The van der Waals surface area contributed by atoms with Gasteiger partial charge in [-0.05, 0) is 65.9 Å². The van der Waals surface area contributed by atoms with Crippen molar-refractivity contribution in [1.82, 2.24) is 9.62 Å². The van der Waals surface area contributed by atoms with Gasteiger partial charge in [-0.25, -0.2) is 8.42 Å². The SMILES string of the molecule is CCCN(CC1CC1)S(=O)(=O)c1cc(CNC)ccc1Br. The van der Waals surface area contributed by atoms with Crippen LogP contribution in [0.1, 0.15) is 31.7 Å². The van der Waals surface area contributed by atoms with Crippen molar-refractivity contribution in [2.24, 2.45) is 5.92 Å². The fourth-order valence-corrected chi connectivity index (χ4v) is 4.93. The van der Waals surface area contributed by atoms with E-state index in [-0.39, 0.29) is 0 Å². The minimum Gasteiger partial charge on any atom is -0.316 e. The molecule has 0 aromatic heterocycles. The molecule has 0 aliphatic heterocycles. The zero-order valence-electron chi connectivity index (χ0n) is 12.6. The van der Waals surface area contributed by atoms with Gasteiger partial charge in [0.25, 0.3) is 0 Å². The van der Waals surface area contributed by atoms with Crippen molar-refractivity contribution in [2.75, 3.05) is 20.1 Å². The van der Waals surface area contributed by atoms with Crippen LogP contribution >= 0.6 is 15.9 Å². The van der Waals surface area contributed by atoms with Gasteiger partial charge in [-0.3, -0.25) is 0 Å². The number of benzene rings is 1. The zero-order chi connectivity index (χ0) is 15.5. The summed E-state index contributed by atoms with van der Waals surface area (Å²) in [5.74, 6) is 0.547. The van der Waals surface area contributed by atoms with E-state index >= 15 is 0 Å². The van der Waals surface area contributed by atoms with Gasteiger partial charge in [0, 0.05) is 24.1 Å². The minimum atomic E-state index is -3.43. The second-order valence-corrected chi connectivity index (χ2v) is 8.36. The average Bonchev–Trinajstić information content (AvgIpc) is 3.24. The Morgan fingerprint density at radius 3 is 2.67 bits per heavy atom. The van der Waals surface area contributed by atoms with Gasteiger partial charge < -0.3 is 5.32 Å². The molecule has 0 unspecified atom stereocenters. The molecule has 0 amide bonds. The van der Waals surface area contributed by atoms with Gasteiger partial charge in [0.05, 0.1) is 4.90 Å². The normalized spacial score (nSPS) is 15.6. The Morgan fingerprint density at radius 2 is 2.10 bits per heavy atom. The molecule has 1 saturated carbocycles. The fourth-order valence-electron chi connectivity index (χ4n) is 2.35. The third-order valence-electron chi connectivity index (χ3n) is 3.63. The molecule has 118 valence electrons. The van der Waals surface area contributed by atoms with Gasteiger partial charge >= 0.3 is 0 Å². The quantitative estimate of drug-likeness (QED) is 0.760. The lowest BCUT2D eigenvalue weighted by Crippen LogP contribution is -2.34. The molecule has 21 heavy (non-hydrogen) atoms. The first-order valence-corrected chi connectivity index (χ1v) is 9.65. The number of sulfonamides is 1. The Balaban J connectivity index is 2.32. The molecular weight excluding hydrogens is 352 g/mol. The lowest BCUT2D eigenvalue weighted by molar-refractivity contribution is 0.395. The van der Waals surface area contributed by atoms with Crippen LogP contribution in [0, 0.1) is 5.92 Å². The number of nitrogens with one attached hydrogen (secondary N) is 1. The predicted molar refractivity (Wildman–Crippen MR) is 88.7 cm³/mol. The molecule has 1 fully saturated rings. The predicted octanol–water partition coefficient (Wildman–Crippen LogP) is 2.98. The van der Waals surface area contributed by atoms with Crippen LogP contribution in [0.15, 0.2) is 27.6 Å². The molecule has 0 radical (unpaired) electrons. The summed E-state index contributed by atoms with van der Waals surface area (Å²) in [5, 5.41) is 3.05. The Labute approximate surface area is 136 Å². The molecular formula is C15H23BrN2O2S. The second kappa shape index (κ2) is 7.22. The maximum absolute atomic E-state index is 12.9. The van der Waals surface area contributed by atoms with Gasteiger partial charge in [0.2, 0.25) is 10.0 Å². The van der Waals surface area contributed by atoms with Crippen LogP contribution < -0.4 is 5.32 Å². The molecule has 0 atom stereocenters. The van der Waals surface area contributed by atoms with Gasteiger partial charge in [-0.15, -0.1) is 0 Å². The topological polar surface area (TPSA) is 49.4 Å². The lowest BCUT2D eigenvalue weighted by atomic mass is 10.2. The summed E-state index contributed by atoms with van der Waals surface area (Å²) in [4.78, 5) is 0.379. The second-order valence-electron chi connectivity index (χ2n) is 5.60. The van der Waals surface area contributed by atoms with Crippen LogP contribution in [0.2, 0.25) is 0 Å². The smallest absolute Gasteiger partial charge is 0.244 e. The van der Waals surface area contributed by atoms with Crippen LogP contribution in [-0.4, -0.2) is 32.9 Å². The lowest BCUT2D eigenvalue weighted by Gasteiger charge is -2.22. The average molecular weight is 375 g/mol. The molecule has 2 rings (SSSR count). The van der Waals surface area contributed by atoms with Crippen LogP contribution in [0.25, 0.3) is 0 Å². The molecule has 1 N–H and O–H groups in total. The summed E-state index contributed by atoms with van der Waals surface area (Å²) in [6.07, 6.45) is 3.13. The number of hydrogen-bond donors (Lipinski definition) is 1. The molecule has 6 heteroatoms. The van der Waals surface area contributed by atoms with E-state index < -0.39 is 10.0 Å². The standard InChI is InChI=1S/C15H23BrN2O2S/c1-3-8-18(11-12-4-5-12)21(19,20)15-9-13(10-17-2)6-7-14(15)16/h6-7,9,12,17H,3-5,8,10-11H2,1-2H3. The Hall–Kier alpha value is -0.430. The van der Waals surface area contributed by atoms with Crippen molar-refractivity contribution in [3.63, 3.8) is 0 Å². The Morgan fingerprint density at radius 1 is 1.38 bits per heavy atom. The van der Waals surface area contributed by atoms with Crippen molar-refractivity contribution in [3.05, 3.63) is 28.2 Å². The third-order valence-corrected chi connectivity index (χ3v) is 6.49. The van der Waals surface area contributed by atoms with Gasteiger partial charge in [0.1, 0.15) is 0 Å². The van der Waals surface area contributed by atoms with Crippen molar-refractivity contribution in [2.45, 2.75) is 37.6 Å². The largest absolute Gasteiger partial charge is 0.316 e. The molecule has 0 saturated heterocycles. The van der Waals surface area contributed by atoms with Crippen molar-refractivity contribution in [3.8, 4) is 0 Å². The number of halogens is 1. The first-order chi connectivity index (χ1) is 9.98. The van der Waals surface area contributed by atoms with Crippen LogP contribution in [0.3, 0.4) is 0 Å². The molecule has 1 aliphatic carbocycles. The van der Waals surface area contributed by atoms with Gasteiger partial charge in [0.15, 0.2) is 0 Å². The molecule has 1 aliphatic rings. The minimum absolute atomic E-state index is 0.379. The Bertz CT molecular complexity index is 585. The van der Waals surface area contributed by atoms with E-state index in [1.54, 1.807) is 10.4 Å². The molecule has 4 nitrogen and oxygen atoms in total. The van der Waals surface area contributed by atoms with Crippen molar-refractivity contribution >= 4 is 26.0 Å². The van der Waals surface area contributed by atoms with Crippen molar-refractivity contribution < 1.29 is 8.42 Å². The van der Waals surface area contributed by atoms with E-state index in [4.69, 9.17) is 0 Å². The summed E-state index contributed by atoms with van der Waals surface area (Å²) in [6, 6.07) is 5.52. The summed E-state index contributed by atoms with van der Waals surface area (Å²) >= 11 is 3.39. The Kier molecular flexibility index (Phi) is 5.82. The van der Waals surface area contributed by atoms with Gasteiger partial charge in [-0.2, -0.15) is 4.31 Å². The summed E-state index contributed by atoms with van der Waals surface area (Å²) in [6.45, 7) is 3.91.